The molecule has 40 heavy (non-hydrogen) atoms. The van der Waals surface area contributed by atoms with Crippen LogP contribution in [0.3, 0.4) is 0 Å². The van der Waals surface area contributed by atoms with E-state index >= 15 is 0 Å². The van der Waals surface area contributed by atoms with Gasteiger partial charge in [0.25, 0.3) is 0 Å². The number of piperidine rings is 1. The second-order valence-corrected chi connectivity index (χ2v) is 11.8. The number of rotatable bonds is 10. The van der Waals surface area contributed by atoms with Crippen molar-refractivity contribution < 1.29 is 17.9 Å². The van der Waals surface area contributed by atoms with E-state index in [0.717, 1.165) is 0 Å². The number of amides is 1. The number of nitrogens with one attached hydrogen (secondary N) is 1. The average molecular weight is 564 g/mol. The van der Waals surface area contributed by atoms with Crippen LogP contribution in [0.25, 0.3) is 11.3 Å². The van der Waals surface area contributed by atoms with Crippen LogP contribution in [-0.2, 0) is 20.2 Å². The maximum Gasteiger partial charge on any atom is 0.237 e. The Labute approximate surface area is 231 Å². The van der Waals surface area contributed by atoms with Gasteiger partial charge in [0.2, 0.25) is 27.8 Å². The number of pyridine rings is 1. The van der Waals surface area contributed by atoms with Crippen molar-refractivity contribution in [3.05, 3.63) is 54.4 Å². The quantitative estimate of drug-likeness (QED) is 0.339. The number of anilines is 1. The number of nitrogens with two attached hydrogens (primary N) is 1. The third-order valence-electron chi connectivity index (χ3n) is 7.25. The third-order valence-corrected chi connectivity index (χ3v) is 9.06. The van der Waals surface area contributed by atoms with Crippen molar-refractivity contribution in [3.8, 4) is 23.2 Å². The first-order valence-corrected chi connectivity index (χ1v) is 14.5. The molecular formula is C26H29N9O4S. The standard InChI is InChI=1S/C26H29N9O4S/c1-2-39-23-15-29-14-21(32-23)17-3-6-20(31-13-17)19-16-35(12-9-27)11-8-26(19,24(28)36)22-7-10-30-25(33-22)34-40(37,38)18-4-5-18/h3,6-7,10,13-15,18-19H,2,4-5,8,11-12,16H2,1H3,(H2,28,36)(H,30,33,34). The number of ether oxygens (including phenoxy) is 1. The molecule has 14 heteroatoms. The summed E-state index contributed by atoms with van der Waals surface area (Å²) in [5.74, 6) is -0.915. The van der Waals surface area contributed by atoms with E-state index < -0.39 is 32.5 Å². The Balaban J connectivity index is 1.53. The molecule has 1 saturated heterocycles. The Morgan fingerprint density at radius 3 is 2.73 bits per heavy atom. The molecule has 3 N–H and O–H groups in total. The summed E-state index contributed by atoms with van der Waals surface area (Å²) < 4.78 is 32.9. The summed E-state index contributed by atoms with van der Waals surface area (Å²) in [5.41, 5.74) is 6.92. The summed E-state index contributed by atoms with van der Waals surface area (Å²) in [4.78, 5) is 37.1. The van der Waals surface area contributed by atoms with Crippen LogP contribution in [0.5, 0.6) is 5.88 Å². The maximum absolute atomic E-state index is 13.3. The minimum absolute atomic E-state index is 0.112. The largest absolute Gasteiger partial charge is 0.477 e. The predicted octanol–water partition coefficient (Wildman–Crippen LogP) is 1.37. The number of nitriles is 1. The average Bonchev–Trinajstić information content (AvgIpc) is 3.80. The van der Waals surface area contributed by atoms with Gasteiger partial charge in [-0.25, -0.2) is 23.4 Å². The van der Waals surface area contributed by atoms with Crippen LogP contribution >= 0.6 is 0 Å². The molecule has 0 radical (unpaired) electrons. The molecule has 1 aliphatic heterocycles. The van der Waals surface area contributed by atoms with Crippen LogP contribution < -0.4 is 15.2 Å². The molecule has 0 bridgehead atoms. The lowest BCUT2D eigenvalue weighted by Crippen LogP contribution is -2.56. The highest BCUT2D eigenvalue weighted by Gasteiger charge is 2.51. The zero-order valence-electron chi connectivity index (χ0n) is 21.9. The molecule has 0 spiro atoms. The predicted molar refractivity (Wildman–Crippen MR) is 144 cm³/mol. The van der Waals surface area contributed by atoms with Crippen LogP contribution in [0.15, 0.2) is 43.0 Å². The van der Waals surface area contributed by atoms with E-state index in [1.807, 2.05) is 17.9 Å². The van der Waals surface area contributed by atoms with E-state index in [2.05, 4.69) is 35.7 Å². The third kappa shape index (κ3) is 5.43. The first kappa shape index (κ1) is 27.4. The maximum atomic E-state index is 13.3. The molecule has 3 aromatic heterocycles. The van der Waals surface area contributed by atoms with E-state index in [1.54, 1.807) is 24.5 Å². The minimum Gasteiger partial charge on any atom is -0.477 e. The molecule has 3 aromatic rings. The van der Waals surface area contributed by atoms with Gasteiger partial charge >= 0.3 is 0 Å². The first-order valence-electron chi connectivity index (χ1n) is 12.9. The molecule has 1 amide bonds. The second kappa shape index (κ2) is 11.1. The van der Waals surface area contributed by atoms with E-state index in [4.69, 9.17) is 10.5 Å². The Morgan fingerprint density at radius 2 is 2.05 bits per heavy atom. The lowest BCUT2D eigenvalue weighted by molar-refractivity contribution is -0.126. The molecule has 4 heterocycles. The topological polar surface area (TPSA) is 190 Å². The molecule has 1 aliphatic carbocycles. The number of nitrogens with zero attached hydrogens (tertiary/aromatic N) is 7. The molecule has 2 fully saturated rings. The van der Waals surface area contributed by atoms with Crippen molar-refractivity contribution in [2.75, 3.05) is 31.0 Å². The molecule has 2 unspecified atom stereocenters. The van der Waals surface area contributed by atoms with E-state index in [0.29, 0.717) is 61.1 Å². The fourth-order valence-corrected chi connectivity index (χ4v) is 6.32. The van der Waals surface area contributed by atoms with Crippen LogP contribution in [0, 0.1) is 11.3 Å². The monoisotopic (exact) mass is 563 g/mol. The smallest absolute Gasteiger partial charge is 0.237 e. The summed E-state index contributed by atoms with van der Waals surface area (Å²) in [7, 11) is -3.62. The van der Waals surface area contributed by atoms with Crippen LogP contribution in [0.4, 0.5) is 5.95 Å². The number of carbonyl (C=O) groups excluding carboxylic acids is 1. The van der Waals surface area contributed by atoms with E-state index in [9.17, 15) is 18.5 Å². The second-order valence-electron chi connectivity index (χ2n) is 9.79. The van der Waals surface area contributed by atoms with E-state index in [1.165, 1.54) is 12.4 Å². The molecular weight excluding hydrogens is 534 g/mol. The lowest BCUT2D eigenvalue weighted by atomic mass is 9.65. The Morgan fingerprint density at radius 1 is 1.23 bits per heavy atom. The zero-order chi connectivity index (χ0) is 28.3. The molecule has 13 nitrogen and oxygen atoms in total. The molecule has 208 valence electrons. The van der Waals surface area contributed by atoms with Gasteiger partial charge in [0, 0.05) is 42.7 Å². The number of aromatic nitrogens is 5. The number of hydrogen-bond acceptors (Lipinski definition) is 11. The molecule has 0 aromatic carbocycles. The van der Waals surface area contributed by atoms with Crippen molar-refractivity contribution in [2.24, 2.45) is 5.73 Å². The SMILES string of the molecule is CCOc1cncc(-c2ccc(C3CN(CC#N)CCC3(C(N)=O)c3ccnc(NS(=O)(=O)C4CC4)n3)nc2)n1. The fraction of sp³-hybridized carbons (Fsp3) is 0.423. The number of likely N-dealkylation sites (tertiary alicyclic amines) is 1. The van der Waals surface area contributed by atoms with Crippen LogP contribution in [0.1, 0.15) is 43.5 Å². The summed E-state index contributed by atoms with van der Waals surface area (Å²) in [5, 5.41) is 8.88. The Hall–Kier alpha value is -4.22. The lowest BCUT2D eigenvalue weighted by Gasteiger charge is -2.44. The van der Waals surface area contributed by atoms with Gasteiger partial charge in [-0.15, -0.1) is 0 Å². The van der Waals surface area contributed by atoms with Gasteiger partial charge in [-0.2, -0.15) is 5.26 Å². The molecule has 2 atom stereocenters. The number of hydrogen-bond donors (Lipinski definition) is 2. The summed E-state index contributed by atoms with van der Waals surface area (Å²) in [6.45, 7) is 3.21. The summed E-state index contributed by atoms with van der Waals surface area (Å²) >= 11 is 0. The number of primary amides is 1. The van der Waals surface area contributed by atoms with Crippen molar-refractivity contribution in [1.29, 1.82) is 5.26 Å². The van der Waals surface area contributed by atoms with Gasteiger partial charge in [0.1, 0.15) is 5.41 Å². The highest BCUT2D eigenvalue weighted by Crippen LogP contribution is 2.44. The van der Waals surface area contributed by atoms with Crippen molar-refractivity contribution in [3.63, 3.8) is 0 Å². The van der Waals surface area contributed by atoms with Gasteiger partial charge in [-0.1, -0.05) is 0 Å². The summed E-state index contributed by atoms with van der Waals surface area (Å²) in [6, 6.07) is 7.36. The van der Waals surface area contributed by atoms with Crippen molar-refractivity contribution in [1.82, 2.24) is 29.8 Å². The van der Waals surface area contributed by atoms with Gasteiger partial charge in [-0.05, 0) is 44.4 Å². The van der Waals surface area contributed by atoms with Gasteiger partial charge in [0.05, 0.1) is 48.3 Å². The van der Waals surface area contributed by atoms with Gasteiger partial charge < -0.3 is 10.5 Å². The number of carbonyl (C=O) groups is 1. The van der Waals surface area contributed by atoms with Crippen LogP contribution in [0.2, 0.25) is 0 Å². The fourth-order valence-electron chi connectivity index (χ4n) is 5.04. The van der Waals surface area contributed by atoms with E-state index in [-0.39, 0.29) is 18.9 Å². The molecule has 5 rings (SSSR count). The van der Waals surface area contributed by atoms with Gasteiger partial charge in [-0.3, -0.25) is 24.4 Å². The summed E-state index contributed by atoms with van der Waals surface area (Å²) in [6.07, 6.45) is 7.61. The minimum atomic E-state index is -3.62. The molecule has 1 saturated carbocycles. The number of sulfonamides is 1. The molecule has 2 aliphatic rings. The zero-order valence-corrected chi connectivity index (χ0v) is 22.7. The first-order chi connectivity index (χ1) is 19.3. The normalized spacial score (nSPS) is 21.4. The van der Waals surface area contributed by atoms with Crippen molar-refractivity contribution in [2.45, 2.75) is 42.8 Å². The Bertz CT molecular complexity index is 1540. The van der Waals surface area contributed by atoms with Crippen molar-refractivity contribution >= 4 is 21.9 Å². The highest BCUT2D eigenvalue weighted by atomic mass is 32.2. The highest BCUT2D eigenvalue weighted by molar-refractivity contribution is 7.93. The Kier molecular flexibility index (Phi) is 7.59. The van der Waals surface area contributed by atoms with Gasteiger partial charge in [0.15, 0.2) is 0 Å². The van der Waals surface area contributed by atoms with Crippen LogP contribution in [-0.4, -0.2) is 75.6 Å².